The van der Waals surface area contributed by atoms with E-state index < -0.39 is 0 Å². The molecule has 1 heterocycles. The minimum absolute atomic E-state index is 0.127. The van der Waals surface area contributed by atoms with Gasteiger partial charge in [0.1, 0.15) is 0 Å². The maximum atomic E-state index is 10.1. The second-order valence-corrected chi connectivity index (χ2v) is 3.71. The Bertz CT molecular complexity index is 169. The Kier molecular flexibility index (Phi) is 5.47. The highest BCUT2D eigenvalue weighted by Gasteiger charge is 2.08. The molecular weight excluding hydrogens is 182 g/mol. The third-order valence-corrected chi connectivity index (χ3v) is 2.52. The van der Waals surface area contributed by atoms with E-state index in [0.29, 0.717) is 0 Å². The fraction of sp³-hybridized carbons (Fsp3) is 1.00. The summed E-state index contributed by atoms with van der Waals surface area (Å²) < 4.78 is 0. The SMILES string of the molecule is O=[N+]([O-])CCCCCN1CCNCC1. The van der Waals surface area contributed by atoms with Crippen molar-refractivity contribution in [1.29, 1.82) is 0 Å². The molecule has 0 aromatic rings. The van der Waals surface area contributed by atoms with Gasteiger partial charge in [0.25, 0.3) is 0 Å². The summed E-state index contributed by atoms with van der Waals surface area (Å²) in [7, 11) is 0. The Balaban J connectivity index is 1.90. The zero-order chi connectivity index (χ0) is 10.2. The van der Waals surface area contributed by atoms with E-state index in [1.807, 2.05) is 0 Å². The molecule has 0 spiro atoms. The van der Waals surface area contributed by atoms with Crippen molar-refractivity contribution in [2.75, 3.05) is 39.3 Å². The number of unbranched alkanes of at least 4 members (excludes halogenated alkanes) is 2. The molecule has 0 aromatic heterocycles. The zero-order valence-electron chi connectivity index (χ0n) is 8.57. The predicted octanol–water partition coefficient (Wildman–Crippen LogP) is 0.339. The van der Waals surface area contributed by atoms with Crippen LogP contribution in [0.15, 0.2) is 0 Å². The van der Waals surface area contributed by atoms with E-state index in [-0.39, 0.29) is 11.5 Å². The standard InChI is InChI=1S/C9H19N3O2/c13-12(14)7-3-1-2-6-11-8-4-10-5-9-11/h10H,1-9H2. The highest BCUT2D eigenvalue weighted by Crippen LogP contribution is 2.00. The lowest BCUT2D eigenvalue weighted by atomic mass is 10.2. The van der Waals surface area contributed by atoms with Crippen molar-refractivity contribution >= 4 is 0 Å². The Morgan fingerprint density at radius 1 is 1.21 bits per heavy atom. The highest BCUT2D eigenvalue weighted by molar-refractivity contribution is 4.66. The maximum Gasteiger partial charge on any atom is 0.203 e. The summed E-state index contributed by atoms with van der Waals surface area (Å²) >= 11 is 0. The lowest BCUT2D eigenvalue weighted by Crippen LogP contribution is -2.43. The molecule has 0 unspecified atom stereocenters. The summed E-state index contributed by atoms with van der Waals surface area (Å²) in [6.07, 6.45) is 2.79. The smallest absolute Gasteiger partial charge is 0.203 e. The first-order chi connectivity index (χ1) is 6.79. The van der Waals surface area contributed by atoms with E-state index in [2.05, 4.69) is 10.2 Å². The minimum atomic E-state index is -0.231. The summed E-state index contributed by atoms with van der Waals surface area (Å²) in [5.41, 5.74) is 0. The van der Waals surface area contributed by atoms with Crippen molar-refractivity contribution in [2.45, 2.75) is 19.3 Å². The Morgan fingerprint density at radius 2 is 1.93 bits per heavy atom. The topological polar surface area (TPSA) is 58.4 Å². The Labute approximate surface area is 84.6 Å². The first kappa shape index (κ1) is 11.4. The van der Waals surface area contributed by atoms with Gasteiger partial charge in [0.05, 0.1) is 0 Å². The van der Waals surface area contributed by atoms with Gasteiger partial charge in [0.15, 0.2) is 0 Å². The molecule has 0 aliphatic carbocycles. The van der Waals surface area contributed by atoms with Crippen molar-refractivity contribution < 1.29 is 4.92 Å². The third-order valence-electron chi connectivity index (χ3n) is 2.52. The van der Waals surface area contributed by atoms with Gasteiger partial charge in [-0.2, -0.15) is 0 Å². The van der Waals surface area contributed by atoms with E-state index in [1.165, 1.54) is 0 Å². The highest BCUT2D eigenvalue weighted by atomic mass is 16.6. The van der Waals surface area contributed by atoms with Crippen LogP contribution in [0.3, 0.4) is 0 Å². The van der Waals surface area contributed by atoms with E-state index in [0.717, 1.165) is 52.0 Å². The summed E-state index contributed by atoms with van der Waals surface area (Å²) in [6, 6.07) is 0. The largest absolute Gasteiger partial charge is 0.314 e. The molecule has 5 heteroatoms. The van der Waals surface area contributed by atoms with Crippen LogP contribution >= 0.6 is 0 Å². The van der Waals surface area contributed by atoms with Crippen LogP contribution in [0.25, 0.3) is 0 Å². The summed E-state index contributed by atoms with van der Waals surface area (Å²) in [4.78, 5) is 12.2. The monoisotopic (exact) mass is 201 g/mol. The number of hydrogen-bond acceptors (Lipinski definition) is 4. The minimum Gasteiger partial charge on any atom is -0.314 e. The van der Waals surface area contributed by atoms with Gasteiger partial charge in [-0.1, -0.05) is 0 Å². The van der Waals surface area contributed by atoms with Gasteiger partial charge in [0.2, 0.25) is 6.54 Å². The average molecular weight is 201 g/mol. The third kappa shape index (κ3) is 5.14. The van der Waals surface area contributed by atoms with Gasteiger partial charge >= 0.3 is 0 Å². The summed E-state index contributed by atoms with van der Waals surface area (Å²) in [6.45, 7) is 5.62. The van der Waals surface area contributed by atoms with Gasteiger partial charge in [-0.15, -0.1) is 0 Å². The van der Waals surface area contributed by atoms with Crippen LogP contribution in [0.5, 0.6) is 0 Å². The number of nitrogens with one attached hydrogen (secondary N) is 1. The molecule has 0 radical (unpaired) electrons. The first-order valence-electron chi connectivity index (χ1n) is 5.34. The molecule has 1 saturated heterocycles. The summed E-state index contributed by atoms with van der Waals surface area (Å²) in [5, 5.41) is 13.4. The fourth-order valence-corrected chi connectivity index (χ4v) is 1.69. The second-order valence-electron chi connectivity index (χ2n) is 3.71. The molecule has 1 rings (SSSR count). The average Bonchev–Trinajstić information content (AvgIpc) is 2.18. The van der Waals surface area contributed by atoms with Crippen LogP contribution < -0.4 is 5.32 Å². The summed E-state index contributed by atoms with van der Waals surface area (Å²) in [5.74, 6) is 0. The van der Waals surface area contributed by atoms with Gasteiger partial charge in [0, 0.05) is 37.5 Å². The van der Waals surface area contributed by atoms with Crippen LogP contribution in [0.1, 0.15) is 19.3 Å². The zero-order valence-corrected chi connectivity index (χ0v) is 8.57. The molecule has 82 valence electrons. The van der Waals surface area contributed by atoms with Gasteiger partial charge < -0.3 is 10.2 Å². The first-order valence-corrected chi connectivity index (χ1v) is 5.34. The molecule has 14 heavy (non-hydrogen) atoms. The Hall–Kier alpha value is -0.680. The molecular formula is C9H19N3O2. The van der Waals surface area contributed by atoms with Crippen LogP contribution in [-0.2, 0) is 0 Å². The van der Waals surface area contributed by atoms with Crippen molar-refractivity contribution in [1.82, 2.24) is 10.2 Å². The van der Waals surface area contributed by atoms with Crippen molar-refractivity contribution in [3.05, 3.63) is 10.1 Å². The van der Waals surface area contributed by atoms with Crippen molar-refractivity contribution in [3.63, 3.8) is 0 Å². The second kappa shape index (κ2) is 6.73. The number of nitrogens with zero attached hydrogens (tertiary/aromatic N) is 2. The Morgan fingerprint density at radius 3 is 2.57 bits per heavy atom. The van der Waals surface area contributed by atoms with Crippen LogP contribution in [0.2, 0.25) is 0 Å². The normalized spacial score (nSPS) is 18.3. The fourth-order valence-electron chi connectivity index (χ4n) is 1.69. The van der Waals surface area contributed by atoms with Gasteiger partial charge in [-0.05, 0) is 19.4 Å². The number of hydrogen-bond donors (Lipinski definition) is 1. The molecule has 0 atom stereocenters. The van der Waals surface area contributed by atoms with Gasteiger partial charge in [-0.3, -0.25) is 10.1 Å². The van der Waals surface area contributed by atoms with Crippen molar-refractivity contribution in [2.24, 2.45) is 0 Å². The molecule has 1 fully saturated rings. The van der Waals surface area contributed by atoms with E-state index >= 15 is 0 Å². The van der Waals surface area contributed by atoms with E-state index in [9.17, 15) is 10.1 Å². The molecule has 0 saturated carbocycles. The van der Waals surface area contributed by atoms with Crippen LogP contribution in [0, 0.1) is 10.1 Å². The number of nitro groups is 1. The molecule has 0 aromatic carbocycles. The molecule has 1 aliphatic rings. The molecule has 1 N–H and O–H groups in total. The van der Waals surface area contributed by atoms with Crippen molar-refractivity contribution in [3.8, 4) is 0 Å². The molecule has 0 bridgehead atoms. The number of piperazine rings is 1. The molecule has 1 aliphatic heterocycles. The lowest BCUT2D eigenvalue weighted by Gasteiger charge is -2.26. The maximum absolute atomic E-state index is 10.1. The molecule has 5 nitrogen and oxygen atoms in total. The molecule has 0 amide bonds. The number of rotatable bonds is 6. The van der Waals surface area contributed by atoms with Crippen LogP contribution in [-0.4, -0.2) is 49.1 Å². The van der Waals surface area contributed by atoms with E-state index in [1.54, 1.807) is 0 Å². The van der Waals surface area contributed by atoms with E-state index in [4.69, 9.17) is 0 Å². The van der Waals surface area contributed by atoms with Gasteiger partial charge in [-0.25, -0.2) is 0 Å². The lowest BCUT2D eigenvalue weighted by molar-refractivity contribution is -0.480. The predicted molar refractivity (Wildman–Crippen MR) is 55.0 cm³/mol. The van der Waals surface area contributed by atoms with Crippen LogP contribution in [0.4, 0.5) is 0 Å². The quantitative estimate of drug-likeness (QED) is 0.382.